The Morgan fingerprint density at radius 1 is 1.06 bits per heavy atom. The summed E-state index contributed by atoms with van der Waals surface area (Å²) in [7, 11) is 1.70. The number of hydrogen-bond acceptors (Lipinski definition) is 5. The number of piperazine rings is 1. The number of rotatable bonds is 5. The number of ether oxygens (including phenoxy) is 1. The van der Waals surface area contributed by atoms with Gasteiger partial charge in [-0.25, -0.2) is 4.98 Å². The number of hydrogen-bond donors (Lipinski definition) is 0. The Hall–Kier alpha value is -3.43. The van der Waals surface area contributed by atoms with Crippen LogP contribution in [0.1, 0.15) is 16.7 Å². The van der Waals surface area contributed by atoms with E-state index in [2.05, 4.69) is 38.5 Å². The van der Waals surface area contributed by atoms with Gasteiger partial charge in [0.25, 0.3) is 0 Å². The summed E-state index contributed by atoms with van der Waals surface area (Å²) in [5.41, 5.74) is 6.55. The summed E-state index contributed by atoms with van der Waals surface area (Å²) in [6, 6.07) is 18.7. The largest absolute Gasteiger partial charge is 0.497 e. The molecule has 1 saturated heterocycles. The molecule has 0 atom stereocenters. The number of pyridine rings is 1. The molecule has 1 fully saturated rings. The van der Waals surface area contributed by atoms with Gasteiger partial charge in [-0.15, -0.1) is 11.6 Å². The fourth-order valence-corrected chi connectivity index (χ4v) is 5.06. The minimum atomic E-state index is 0.501. The molecule has 1 aliphatic heterocycles. The summed E-state index contributed by atoms with van der Waals surface area (Å²) in [5.74, 6) is 2.48. The Kier molecular flexibility index (Phi) is 5.74. The summed E-state index contributed by atoms with van der Waals surface area (Å²) in [4.78, 5) is 9.65. The van der Waals surface area contributed by atoms with Gasteiger partial charge in [0.1, 0.15) is 17.6 Å². The maximum atomic E-state index is 9.97. The Labute approximate surface area is 198 Å². The third-order valence-corrected chi connectivity index (χ3v) is 6.74. The minimum absolute atomic E-state index is 0.501. The van der Waals surface area contributed by atoms with Gasteiger partial charge in [0, 0.05) is 43.8 Å². The molecular formula is C26H26ClN5O. The van der Waals surface area contributed by atoms with Crippen LogP contribution in [0.4, 0.5) is 11.5 Å². The smallest absolute Gasteiger partial charge is 0.157 e. The molecule has 168 valence electrons. The maximum Gasteiger partial charge on any atom is 0.157 e. The number of halogens is 1. The highest BCUT2D eigenvalue weighted by atomic mass is 35.5. The fraction of sp³-hybridized carbons (Fsp3) is 0.308. The van der Waals surface area contributed by atoms with E-state index in [4.69, 9.17) is 21.3 Å². The third kappa shape index (κ3) is 3.63. The molecule has 0 saturated carbocycles. The molecule has 0 amide bonds. The van der Waals surface area contributed by atoms with Gasteiger partial charge in [-0.05, 0) is 48.7 Å². The summed E-state index contributed by atoms with van der Waals surface area (Å²) in [5, 5.41) is 9.97. The van der Waals surface area contributed by atoms with Crippen molar-refractivity contribution < 1.29 is 4.74 Å². The lowest BCUT2D eigenvalue weighted by molar-refractivity contribution is 0.414. The number of alkyl halides is 1. The van der Waals surface area contributed by atoms with Gasteiger partial charge in [-0.1, -0.05) is 18.2 Å². The molecule has 0 spiro atoms. The quantitative estimate of drug-likeness (QED) is 0.402. The third-order valence-electron chi connectivity index (χ3n) is 6.55. The van der Waals surface area contributed by atoms with E-state index in [1.807, 2.05) is 37.3 Å². The van der Waals surface area contributed by atoms with E-state index in [9.17, 15) is 5.26 Å². The zero-order valence-corrected chi connectivity index (χ0v) is 19.6. The monoisotopic (exact) mass is 459 g/mol. The van der Waals surface area contributed by atoms with Gasteiger partial charge in [-0.3, -0.25) is 4.40 Å². The molecule has 7 heteroatoms. The van der Waals surface area contributed by atoms with E-state index in [-0.39, 0.29) is 0 Å². The van der Waals surface area contributed by atoms with Crippen molar-refractivity contribution in [3.8, 4) is 11.8 Å². The summed E-state index contributed by atoms with van der Waals surface area (Å²) >= 11 is 6.24. The Morgan fingerprint density at radius 3 is 2.55 bits per heavy atom. The Balaban J connectivity index is 1.60. The number of fused-ring (bicyclic) bond motifs is 3. The van der Waals surface area contributed by atoms with E-state index < -0.39 is 0 Å². The summed E-state index contributed by atoms with van der Waals surface area (Å²) < 4.78 is 7.58. The highest BCUT2D eigenvalue weighted by Crippen LogP contribution is 2.34. The van der Waals surface area contributed by atoms with E-state index in [1.165, 1.54) is 5.69 Å². The number of aromatic nitrogens is 2. The zero-order chi connectivity index (χ0) is 22.9. The average molecular weight is 460 g/mol. The van der Waals surface area contributed by atoms with Crippen LogP contribution >= 0.6 is 11.6 Å². The van der Waals surface area contributed by atoms with Crippen LogP contribution < -0.4 is 14.5 Å². The van der Waals surface area contributed by atoms with Crippen molar-refractivity contribution in [2.24, 2.45) is 0 Å². The van der Waals surface area contributed by atoms with Crippen molar-refractivity contribution in [3.63, 3.8) is 0 Å². The minimum Gasteiger partial charge on any atom is -0.497 e. The van der Waals surface area contributed by atoms with Crippen LogP contribution in [0, 0.1) is 18.3 Å². The molecule has 6 nitrogen and oxygen atoms in total. The van der Waals surface area contributed by atoms with Crippen molar-refractivity contribution in [1.29, 1.82) is 5.26 Å². The highest BCUT2D eigenvalue weighted by molar-refractivity contribution is 6.18. The number of imidazole rings is 1. The van der Waals surface area contributed by atoms with Crippen LogP contribution in [0.3, 0.4) is 0 Å². The molecule has 1 aliphatic rings. The number of anilines is 2. The number of benzene rings is 2. The van der Waals surface area contributed by atoms with Crippen molar-refractivity contribution in [2.45, 2.75) is 13.3 Å². The van der Waals surface area contributed by atoms with E-state index >= 15 is 0 Å². The predicted octanol–water partition coefficient (Wildman–Crippen LogP) is 4.78. The molecule has 33 heavy (non-hydrogen) atoms. The van der Waals surface area contributed by atoms with Crippen molar-refractivity contribution in [2.75, 3.05) is 49.0 Å². The molecule has 0 bridgehead atoms. The molecule has 5 rings (SSSR count). The number of nitriles is 1. The predicted molar refractivity (Wildman–Crippen MR) is 134 cm³/mol. The average Bonchev–Trinajstić information content (AvgIpc) is 3.24. The van der Waals surface area contributed by atoms with Crippen LogP contribution in [-0.2, 0) is 6.42 Å². The second-order valence-electron chi connectivity index (χ2n) is 8.29. The standard InChI is InChI=1S/C26H26ClN5O/c1-18-21(10-11-27)26(32-24-9-4-3-8-23(24)29-25(32)22(18)17-28)31-14-12-30(13-15-31)19-6-5-7-20(16-19)33-2/h3-9,16H,10-15H2,1-2H3. The summed E-state index contributed by atoms with van der Waals surface area (Å²) in [6.07, 6.45) is 0.704. The van der Waals surface area contributed by atoms with Crippen LogP contribution in [0.25, 0.3) is 16.7 Å². The lowest BCUT2D eigenvalue weighted by atomic mass is 10.0. The van der Waals surface area contributed by atoms with Gasteiger partial charge in [0.2, 0.25) is 0 Å². The SMILES string of the molecule is COc1cccc(N2CCN(c3c(CCCl)c(C)c(C#N)c4nc5ccccc5n34)CC2)c1. The molecular weight excluding hydrogens is 434 g/mol. The van der Waals surface area contributed by atoms with E-state index in [0.717, 1.165) is 65.6 Å². The van der Waals surface area contributed by atoms with Gasteiger partial charge < -0.3 is 14.5 Å². The van der Waals surface area contributed by atoms with Gasteiger partial charge in [-0.2, -0.15) is 5.26 Å². The Morgan fingerprint density at radius 2 is 1.82 bits per heavy atom. The van der Waals surface area contributed by atoms with Gasteiger partial charge in [0.05, 0.1) is 23.7 Å². The molecule has 0 N–H and O–H groups in total. The molecule has 0 aliphatic carbocycles. The summed E-state index contributed by atoms with van der Waals surface area (Å²) in [6.45, 7) is 5.52. The zero-order valence-electron chi connectivity index (χ0n) is 18.9. The first-order valence-corrected chi connectivity index (χ1v) is 11.7. The lowest BCUT2D eigenvalue weighted by Crippen LogP contribution is -2.47. The Bertz CT molecular complexity index is 1360. The van der Waals surface area contributed by atoms with Crippen LogP contribution in [0.5, 0.6) is 5.75 Å². The normalized spacial score (nSPS) is 14.1. The van der Waals surface area contributed by atoms with Gasteiger partial charge >= 0.3 is 0 Å². The molecule has 0 unspecified atom stereocenters. The molecule has 2 aromatic heterocycles. The number of para-hydroxylation sites is 2. The molecule has 2 aromatic carbocycles. The molecule has 4 aromatic rings. The van der Waals surface area contributed by atoms with Crippen molar-refractivity contribution in [1.82, 2.24) is 9.38 Å². The first kappa shape index (κ1) is 21.4. The maximum absolute atomic E-state index is 9.97. The van der Waals surface area contributed by atoms with E-state index in [0.29, 0.717) is 17.9 Å². The molecule has 0 radical (unpaired) electrons. The second kappa shape index (κ2) is 8.84. The fourth-order valence-electron chi connectivity index (χ4n) is 4.87. The molecule has 3 heterocycles. The first-order valence-electron chi connectivity index (χ1n) is 11.2. The van der Waals surface area contributed by atoms with Crippen molar-refractivity contribution >= 4 is 39.8 Å². The number of methoxy groups -OCH3 is 1. The number of nitrogens with zero attached hydrogens (tertiary/aromatic N) is 5. The van der Waals surface area contributed by atoms with Crippen LogP contribution in [0.15, 0.2) is 48.5 Å². The second-order valence-corrected chi connectivity index (χ2v) is 8.67. The van der Waals surface area contributed by atoms with Crippen LogP contribution in [-0.4, -0.2) is 48.6 Å². The van der Waals surface area contributed by atoms with Crippen LogP contribution in [0.2, 0.25) is 0 Å². The lowest BCUT2D eigenvalue weighted by Gasteiger charge is -2.39. The van der Waals surface area contributed by atoms with Gasteiger partial charge in [0.15, 0.2) is 5.65 Å². The van der Waals surface area contributed by atoms with E-state index in [1.54, 1.807) is 7.11 Å². The topological polar surface area (TPSA) is 56.8 Å². The first-order chi connectivity index (χ1) is 16.2. The van der Waals surface area contributed by atoms with Crippen molar-refractivity contribution in [3.05, 3.63) is 65.2 Å². The highest BCUT2D eigenvalue weighted by Gasteiger charge is 2.26.